The van der Waals surface area contributed by atoms with Crippen LogP contribution in [0.15, 0.2) is 18.5 Å². The molecule has 0 aliphatic heterocycles. The lowest BCUT2D eigenvalue weighted by Crippen LogP contribution is -2.08. The highest BCUT2D eigenvalue weighted by atomic mass is 16.1. The van der Waals surface area contributed by atoms with Crippen LogP contribution in [-0.4, -0.2) is 15.3 Å². The number of Topliss-reactive ketones (excluding diaryl/α,β-unsaturated/α-hetero) is 1. The van der Waals surface area contributed by atoms with Crippen LogP contribution in [0.2, 0.25) is 0 Å². The van der Waals surface area contributed by atoms with Crippen molar-refractivity contribution < 1.29 is 4.79 Å². The molecule has 0 fully saturated rings. The van der Waals surface area contributed by atoms with Gasteiger partial charge in [-0.15, -0.1) is 0 Å². The number of carbonyl (C=O) groups is 1. The Hall–Kier alpha value is -1.64. The fraction of sp³-hybridized carbons (Fsp3) is 0.429. The predicted octanol–water partition coefficient (Wildman–Crippen LogP) is 3.02. The molecule has 3 heteroatoms. The van der Waals surface area contributed by atoms with Crippen molar-refractivity contribution in [2.24, 2.45) is 0 Å². The lowest BCUT2D eigenvalue weighted by atomic mass is 10.1. The van der Waals surface area contributed by atoms with E-state index < -0.39 is 0 Å². The van der Waals surface area contributed by atoms with E-state index in [2.05, 4.69) is 31.0 Å². The molecule has 0 spiro atoms. The minimum Gasteiger partial charge on any atom is -0.323 e. The van der Waals surface area contributed by atoms with Crippen LogP contribution in [-0.2, 0) is 11.3 Å². The van der Waals surface area contributed by atoms with Gasteiger partial charge in [-0.3, -0.25) is 4.79 Å². The van der Waals surface area contributed by atoms with Gasteiger partial charge in [0.1, 0.15) is 0 Å². The van der Waals surface area contributed by atoms with Crippen LogP contribution in [0.5, 0.6) is 0 Å². The number of hydrogen-bond donors (Lipinski definition) is 0. The molecule has 0 aliphatic carbocycles. The third-order valence-electron chi connectivity index (χ3n) is 3.11. The van der Waals surface area contributed by atoms with E-state index in [1.807, 2.05) is 11.5 Å². The molecule has 0 radical (unpaired) electrons. The maximum absolute atomic E-state index is 11.7. The van der Waals surface area contributed by atoms with Gasteiger partial charge in [0.25, 0.3) is 0 Å². The molecule has 0 saturated carbocycles. The lowest BCUT2D eigenvalue weighted by Gasteiger charge is -2.05. The average molecular weight is 230 g/mol. The van der Waals surface area contributed by atoms with Gasteiger partial charge in [-0.25, -0.2) is 4.98 Å². The highest BCUT2D eigenvalue weighted by Gasteiger charge is 2.08. The molecule has 1 heterocycles. The van der Waals surface area contributed by atoms with Crippen LogP contribution in [0, 0.1) is 13.8 Å². The highest BCUT2D eigenvalue weighted by molar-refractivity contribution is 5.82. The maximum atomic E-state index is 11.7. The number of aryl methyl sites for hydroxylation is 2. The molecule has 0 N–H and O–H groups in total. The van der Waals surface area contributed by atoms with Crippen molar-refractivity contribution in [1.82, 2.24) is 9.55 Å². The summed E-state index contributed by atoms with van der Waals surface area (Å²) in [5, 5.41) is 0. The fourth-order valence-corrected chi connectivity index (χ4v) is 1.99. The van der Waals surface area contributed by atoms with Gasteiger partial charge in [0.15, 0.2) is 5.78 Å². The van der Waals surface area contributed by atoms with Gasteiger partial charge in [0.05, 0.1) is 23.9 Å². The number of carbonyl (C=O) groups excluding carboxylic acids is 1. The van der Waals surface area contributed by atoms with Gasteiger partial charge >= 0.3 is 0 Å². The predicted molar refractivity (Wildman–Crippen MR) is 69.1 cm³/mol. The minimum atomic E-state index is 0.269. The van der Waals surface area contributed by atoms with Crippen molar-refractivity contribution in [2.45, 2.75) is 40.2 Å². The summed E-state index contributed by atoms with van der Waals surface area (Å²) in [7, 11) is 0. The fourth-order valence-electron chi connectivity index (χ4n) is 1.99. The number of aromatic nitrogens is 2. The second-order valence-corrected chi connectivity index (χ2v) is 4.59. The maximum Gasteiger partial charge on any atom is 0.152 e. The largest absolute Gasteiger partial charge is 0.323 e. The molecule has 0 amide bonds. The van der Waals surface area contributed by atoms with E-state index in [0.717, 1.165) is 17.5 Å². The van der Waals surface area contributed by atoms with Crippen LogP contribution < -0.4 is 0 Å². The van der Waals surface area contributed by atoms with Gasteiger partial charge in [0, 0.05) is 6.42 Å². The summed E-state index contributed by atoms with van der Waals surface area (Å²) in [6, 6.07) is 4.18. The Morgan fingerprint density at radius 3 is 2.71 bits per heavy atom. The number of imidazole rings is 1. The zero-order valence-electron chi connectivity index (χ0n) is 10.7. The zero-order valence-corrected chi connectivity index (χ0v) is 10.7. The second kappa shape index (κ2) is 4.70. The van der Waals surface area contributed by atoms with Gasteiger partial charge in [0.2, 0.25) is 0 Å². The zero-order chi connectivity index (χ0) is 12.4. The first kappa shape index (κ1) is 11.8. The van der Waals surface area contributed by atoms with Crippen molar-refractivity contribution in [1.29, 1.82) is 0 Å². The normalized spacial score (nSPS) is 11.0. The number of fused-ring (bicyclic) bond motifs is 1. The molecule has 0 unspecified atom stereocenters. The van der Waals surface area contributed by atoms with E-state index in [1.54, 1.807) is 6.33 Å². The van der Waals surface area contributed by atoms with Crippen molar-refractivity contribution in [2.75, 3.05) is 0 Å². The first-order valence-electron chi connectivity index (χ1n) is 6.05. The Labute approximate surface area is 101 Å². The van der Waals surface area contributed by atoms with Crippen molar-refractivity contribution in [3.05, 3.63) is 29.6 Å². The average Bonchev–Trinajstić information content (AvgIpc) is 2.63. The van der Waals surface area contributed by atoms with Gasteiger partial charge in [-0.05, 0) is 43.5 Å². The van der Waals surface area contributed by atoms with Crippen molar-refractivity contribution in [3.8, 4) is 0 Å². The Bertz CT molecular complexity index is 555. The molecule has 0 atom stereocenters. The van der Waals surface area contributed by atoms with E-state index in [-0.39, 0.29) is 5.78 Å². The smallest absolute Gasteiger partial charge is 0.152 e. The standard InChI is InChI=1S/C14H18N2O/c1-4-5-12(17)8-16-9-15-13-6-10(2)11(3)7-14(13)16/h6-7,9H,4-5,8H2,1-3H3. The minimum absolute atomic E-state index is 0.269. The first-order chi connectivity index (χ1) is 8.11. The number of nitrogens with zero attached hydrogens (tertiary/aromatic N) is 2. The molecule has 17 heavy (non-hydrogen) atoms. The topological polar surface area (TPSA) is 34.9 Å². The van der Waals surface area contributed by atoms with E-state index >= 15 is 0 Å². The van der Waals surface area contributed by atoms with Gasteiger partial charge < -0.3 is 4.57 Å². The Kier molecular flexibility index (Phi) is 3.27. The third kappa shape index (κ3) is 2.38. The molecule has 0 aliphatic rings. The number of ketones is 1. The molecule has 2 aromatic rings. The van der Waals surface area contributed by atoms with E-state index in [9.17, 15) is 4.79 Å². The molecular formula is C14H18N2O. The molecule has 0 bridgehead atoms. The summed E-state index contributed by atoms with van der Waals surface area (Å²) in [6.07, 6.45) is 3.31. The second-order valence-electron chi connectivity index (χ2n) is 4.59. The number of hydrogen-bond acceptors (Lipinski definition) is 2. The van der Waals surface area contributed by atoms with E-state index in [4.69, 9.17) is 0 Å². The summed E-state index contributed by atoms with van der Waals surface area (Å²) < 4.78 is 1.94. The SMILES string of the molecule is CCCC(=O)Cn1cnc2cc(C)c(C)cc21. The Balaban J connectivity index is 2.36. The quantitative estimate of drug-likeness (QED) is 0.809. The molecule has 3 nitrogen and oxygen atoms in total. The summed E-state index contributed by atoms with van der Waals surface area (Å²) in [4.78, 5) is 16.0. The molecular weight excluding hydrogens is 212 g/mol. The monoisotopic (exact) mass is 230 g/mol. The first-order valence-corrected chi connectivity index (χ1v) is 6.05. The molecule has 90 valence electrons. The summed E-state index contributed by atoms with van der Waals surface area (Å²) in [5.74, 6) is 0.269. The van der Waals surface area contributed by atoms with Crippen LogP contribution in [0.4, 0.5) is 0 Å². The Morgan fingerprint density at radius 1 is 1.29 bits per heavy atom. The molecule has 1 aromatic heterocycles. The third-order valence-corrected chi connectivity index (χ3v) is 3.11. The van der Waals surface area contributed by atoms with Crippen LogP contribution in [0.1, 0.15) is 30.9 Å². The summed E-state index contributed by atoms with van der Waals surface area (Å²) >= 11 is 0. The summed E-state index contributed by atoms with van der Waals surface area (Å²) in [5.41, 5.74) is 4.50. The molecule has 0 saturated heterocycles. The summed E-state index contributed by atoms with van der Waals surface area (Å²) in [6.45, 7) is 6.63. The van der Waals surface area contributed by atoms with Gasteiger partial charge in [-0.2, -0.15) is 0 Å². The number of benzene rings is 1. The van der Waals surface area contributed by atoms with Crippen LogP contribution in [0.3, 0.4) is 0 Å². The lowest BCUT2D eigenvalue weighted by molar-refractivity contribution is -0.119. The molecule has 1 aromatic carbocycles. The van der Waals surface area contributed by atoms with Crippen LogP contribution in [0.25, 0.3) is 11.0 Å². The van der Waals surface area contributed by atoms with Crippen molar-refractivity contribution in [3.63, 3.8) is 0 Å². The highest BCUT2D eigenvalue weighted by Crippen LogP contribution is 2.18. The van der Waals surface area contributed by atoms with Crippen molar-refractivity contribution >= 4 is 16.8 Å². The van der Waals surface area contributed by atoms with Crippen LogP contribution >= 0.6 is 0 Å². The van der Waals surface area contributed by atoms with E-state index in [0.29, 0.717) is 13.0 Å². The number of rotatable bonds is 4. The van der Waals surface area contributed by atoms with E-state index in [1.165, 1.54) is 11.1 Å². The van der Waals surface area contributed by atoms with Gasteiger partial charge in [-0.1, -0.05) is 6.92 Å². The Morgan fingerprint density at radius 2 is 2.00 bits per heavy atom. The molecule has 2 rings (SSSR count).